The van der Waals surface area contributed by atoms with Gasteiger partial charge in [-0.25, -0.2) is 22.9 Å². The van der Waals surface area contributed by atoms with Crippen molar-refractivity contribution in [3.05, 3.63) is 59.5 Å². The maximum atomic E-state index is 13.3. The molecule has 0 amide bonds. The Kier molecular flexibility index (Phi) is 4.31. The normalized spacial score (nSPS) is 11.3. The molecule has 3 N–H and O–H groups in total. The highest BCUT2D eigenvalue weighted by atomic mass is 32.2. The maximum absolute atomic E-state index is 13.3. The molecule has 106 valence electrons. The average molecular weight is 295 g/mol. The van der Waals surface area contributed by atoms with Gasteiger partial charge in [-0.1, -0.05) is 24.3 Å². The molecule has 0 aliphatic rings. The predicted octanol–water partition coefficient (Wildman–Crippen LogP) is 1.62. The molecule has 7 heteroatoms. The zero-order chi connectivity index (χ0) is 14.6. The van der Waals surface area contributed by atoms with E-state index in [4.69, 9.17) is 5.14 Å². The molecule has 0 spiro atoms. The van der Waals surface area contributed by atoms with Gasteiger partial charge in [0.2, 0.25) is 10.0 Å². The van der Waals surface area contributed by atoms with Gasteiger partial charge >= 0.3 is 0 Å². The summed E-state index contributed by atoms with van der Waals surface area (Å²) in [6.45, 7) is 0.392. The fraction of sp³-hybridized carbons (Fsp3) is 0.154. The standard InChI is InChI=1S/C13H14FN3O2S/c14-12-2-1-7-16-13(12)17-8-10-3-5-11(6-4-10)9-20(15,18)19/h1-7H,8-9H2,(H,16,17)(H2,15,18,19). The van der Waals surface area contributed by atoms with E-state index in [2.05, 4.69) is 10.3 Å². The zero-order valence-electron chi connectivity index (χ0n) is 10.6. The van der Waals surface area contributed by atoms with E-state index >= 15 is 0 Å². The summed E-state index contributed by atoms with van der Waals surface area (Å²) in [6, 6.07) is 9.71. The summed E-state index contributed by atoms with van der Waals surface area (Å²) in [5.41, 5.74) is 1.49. The van der Waals surface area contributed by atoms with E-state index < -0.39 is 15.8 Å². The number of rotatable bonds is 5. The average Bonchev–Trinajstić information content (AvgIpc) is 2.38. The summed E-state index contributed by atoms with van der Waals surface area (Å²) in [5, 5.41) is 7.83. The molecule has 0 aliphatic carbocycles. The second kappa shape index (κ2) is 5.98. The molecule has 0 radical (unpaired) electrons. The van der Waals surface area contributed by atoms with Crippen molar-refractivity contribution in [2.75, 3.05) is 5.32 Å². The third-order valence-electron chi connectivity index (χ3n) is 2.61. The van der Waals surface area contributed by atoms with Crippen LogP contribution in [0.4, 0.5) is 10.2 Å². The first-order valence-electron chi connectivity index (χ1n) is 5.87. The SMILES string of the molecule is NS(=O)(=O)Cc1ccc(CNc2ncccc2F)cc1. The first kappa shape index (κ1) is 14.4. The summed E-state index contributed by atoms with van der Waals surface area (Å²) in [5.74, 6) is -0.435. The molecule has 0 saturated heterocycles. The Morgan fingerprint density at radius 3 is 2.40 bits per heavy atom. The van der Waals surface area contributed by atoms with Crippen molar-refractivity contribution in [2.24, 2.45) is 5.14 Å². The lowest BCUT2D eigenvalue weighted by Crippen LogP contribution is -2.14. The highest BCUT2D eigenvalue weighted by molar-refractivity contribution is 7.88. The van der Waals surface area contributed by atoms with Crippen molar-refractivity contribution in [1.82, 2.24) is 4.98 Å². The van der Waals surface area contributed by atoms with Crippen LogP contribution in [0.3, 0.4) is 0 Å². The van der Waals surface area contributed by atoms with Crippen LogP contribution < -0.4 is 10.5 Å². The molecule has 20 heavy (non-hydrogen) atoms. The maximum Gasteiger partial charge on any atom is 0.213 e. The largest absolute Gasteiger partial charge is 0.364 e. The molecular formula is C13H14FN3O2S. The quantitative estimate of drug-likeness (QED) is 0.877. The van der Waals surface area contributed by atoms with Crippen LogP contribution >= 0.6 is 0 Å². The van der Waals surface area contributed by atoms with Crippen molar-refractivity contribution in [3.63, 3.8) is 0 Å². The minimum Gasteiger partial charge on any atom is -0.364 e. The second-order valence-electron chi connectivity index (χ2n) is 4.31. The molecule has 0 fully saturated rings. The number of anilines is 1. The third-order valence-corrected chi connectivity index (χ3v) is 3.34. The Bertz CT molecular complexity index is 687. The number of benzene rings is 1. The smallest absolute Gasteiger partial charge is 0.213 e. The van der Waals surface area contributed by atoms with Gasteiger partial charge in [0.25, 0.3) is 0 Å². The van der Waals surface area contributed by atoms with Crippen molar-refractivity contribution < 1.29 is 12.8 Å². The van der Waals surface area contributed by atoms with Crippen molar-refractivity contribution in [1.29, 1.82) is 0 Å². The molecule has 5 nitrogen and oxygen atoms in total. The summed E-state index contributed by atoms with van der Waals surface area (Å²) >= 11 is 0. The molecule has 2 rings (SSSR count). The number of nitrogens with one attached hydrogen (secondary N) is 1. The molecule has 0 bridgehead atoms. The minimum atomic E-state index is -3.53. The van der Waals surface area contributed by atoms with Crippen LogP contribution in [0, 0.1) is 5.82 Å². The molecule has 0 aliphatic heterocycles. The summed E-state index contributed by atoms with van der Waals surface area (Å²) < 4.78 is 35.2. The first-order chi connectivity index (χ1) is 9.44. The van der Waals surface area contributed by atoms with Gasteiger partial charge in [0.05, 0.1) is 5.75 Å². The molecular weight excluding hydrogens is 281 g/mol. The van der Waals surface area contributed by atoms with Gasteiger partial charge in [0.15, 0.2) is 11.6 Å². The highest BCUT2D eigenvalue weighted by Gasteiger charge is 2.05. The summed E-state index contributed by atoms with van der Waals surface area (Å²) in [6.07, 6.45) is 1.50. The van der Waals surface area contributed by atoms with E-state index in [1.165, 1.54) is 18.3 Å². The van der Waals surface area contributed by atoms with Crippen LogP contribution in [0.15, 0.2) is 42.6 Å². The Morgan fingerprint density at radius 1 is 1.15 bits per heavy atom. The number of aromatic nitrogens is 1. The fourth-order valence-electron chi connectivity index (χ4n) is 1.69. The number of nitrogens with two attached hydrogens (primary N) is 1. The predicted molar refractivity (Wildman–Crippen MR) is 74.8 cm³/mol. The highest BCUT2D eigenvalue weighted by Crippen LogP contribution is 2.12. The van der Waals surface area contributed by atoms with Gasteiger partial charge in [0.1, 0.15) is 0 Å². The van der Waals surface area contributed by atoms with Crippen LogP contribution in [0.1, 0.15) is 11.1 Å². The van der Waals surface area contributed by atoms with E-state index in [0.717, 1.165) is 5.56 Å². The Labute approximate surface area is 116 Å². The molecule has 0 unspecified atom stereocenters. The monoisotopic (exact) mass is 295 g/mol. The Balaban J connectivity index is 1.99. The lowest BCUT2D eigenvalue weighted by molar-refractivity contribution is 0.597. The van der Waals surface area contributed by atoms with Gasteiger partial charge in [-0.3, -0.25) is 0 Å². The van der Waals surface area contributed by atoms with Gasteiger partial charge in [-0.15, -0.1) is 0 Å². The van der Waals surface area contributed by atoms with Crippen molar-refractivity contribution in [2.45, 2.75) is 12.3 Å². The van der Waals surface area contributed by atoms with Crippen molar-refractivity contribution >= 4 is 15.8 Å². The number of pyridine rings is 1. The van der Waals surface area contributed by atoms with Crippen LogP contribution in [0.5, 0.6) is 0 Å². The molecule has 0 atom stereocenters. The number of nitrogens with zero attached hydrogens (tertiary/aromatic N) is 1. The lowest BCUT2D eigenvalue weighted by Gasteiger charge is -2.07. The number of hydrogen-bond acceptors (Lipinski definition) is 4. The van der Waals surface area contributed by atoms with E-state index in [-0.39, 0.29) is 11.6 Å². The Morgan fingerprint density at radius 2 is 1.80 bits per heavy atom. The summed E-state index contributed by atoms with van der Waals surface area (Å²) in [4.78, 5) is 3.88. The molecule has 1 heterocycles. The first-order valence-corrected chi connectivity index (χ1v) is 7.58. The third kappa shape index (κ3) is 4.29. The number of primary sulfonamides is 1. The molecule has 0 saturated carbocycles. The Hall–Kier alpha value is -1.99. The minimum absolute atomic E-state index is 0.182. The van der Waals surface area contributed by atoms with Gasteiger partial charge in [-0.05, 0) is 23.3 Å². The van der Waals surface area contributed by atoms with E-state index in [1.807, 2.05) is 0 Å². The van der Waals surface area contributed by atoms with Crippen LogP contribution in [0.25, 0.3) is 0 Å². The van der Waals surface area contributed by atoms with Crippen molar-refractivity contribution in [3.8, 4) is 0 Å². The molecule has 1 aromatic heterocycles. The summed E-state index contributed by atoms with van der Waals surface area (Å²) in [7, 11) is -3.53. The van der Waals surface area contributed by atoms with Gasteiger partial charge in [-0.2, -0.15) is 0 Å². The lowest BCUT2D eigenvalue weighted by atomic mass is 10.1. The number of halogens is 1. The molecule has 2 aromatic rings. The topological polar surface area (TPSA) is 85.1 Å². The molecule has 1 aromatic carbocycles. The van der Waals surface area contributed by atoms with Crippen LogP contribution in [0.2, 0.25) is 0 Å². The number of hydrogen-bond donors (Lipinski definition) is 2. The van der Waals surface area contributed by atoms with Gasteiger partial charge < -0.3 is 5.32 Å². The second-order valence-corrected chi connectivity index (χ2v) is 5.93. The number of sulfonamides is 1. The zero-order valence-corrected chi connectivity index (χ0v) is 11.4. The van der Waals surface area contributed by atoms with E-state index in [9.17, 15) is 12.8 Å². The van der Waals surface area contributed by atoms with Crippen LogP contribution in [-0.2, 0) is 22.3 Å². The van der Waals surface area contributed by atoms with E-state index in [1.54, 1.807) is 24.3 Å². The fourth-order valence-corrected chi connectivity index (χ4v) is 2.34. The van der Waals surface area contributed by atoms with Crippen LogP contribution in [-0.4, -0.2) is 13.4 Å². The van der Waals surface area contributed by atoms with Gasteiger partial charge in [0, 0.05) is 12.7 Å². The van der Waals surface area contributed by atoms with E-state index in [0.29, 0.717) is 12.1 Å².